The third kappa shape index (κ3) is 4.62. The van der Waals surface area contributed by atoms with Gasteiger partial charge >= 0.3 is 0 Å². The molecule has 2 rings (SSSR count). The Bertz CT molecular complexity index is 721. The van der Waals surface area contributed by atoms with Crippen molar-refractivity contribution in [1.82, 2.24) is 5.43 Å². The molecule has 0 unspecified atom stereocenters. The number of ether oxygens (including phenoxy) is 1. The number of hydrazone groups is 1. The van der Waals surface area contributed by atoms with Gasteiger partial charge < -0.3 is 4.74 Å². The number of nitriles is 1. The summed E-state index contributed by atoms with van der Waals surface area (Å²) in [6.07, 6.45) is 1.48. The van der Waals surface area contributed by atoms with Crippen molar-refractivity contribution in [1.29, 1.82) is 5.26 Å². The fourth-order valence-corrected chi connectivity index (χ4v) is 1.75. The van der Waals surface area contributed by atoms with Gasteiger partial charge in [0.05, 0.1) is 22.9 Å². The molecule has 0 saturated carbocycles. The molecule has 0 aliphatic rings. The van der Waals surface area contributed by atoms with Crippen molar-refractivity contribution in [2.45, 2.75) is 0 Å². The molecular weight excluding hydrogens is 302 g/mol. The second-order valence-electron chi connectivity index (χ2n) is 4.25. The number of amides is 1. The summed E-state index contributed by atoms with van der Waals surface area (Å²) < 4.78 is 5.28. The standard InChI is InChI=1S/C16H12ClN3O2/c17-14-3-1-2-4-15(14)22-11-16(21)20-19-10-13-7-5-12(9-18)6-8-13/h1-8,10H,11H2,(H,20,21). The number of rotatable bonds is 5. The minimum absolute atomic E-state index is 0.186. The number of carbonyl (C=O) groups excluding carboxylic acids is 1. The molecular formula is C16H12ClN3O2. The lowest BCUT2D eigenvalue weighted by Gasteiger charge is -2.06. The molecule has 22 heavy (non-hydrogen) atoms. The molecule has 0 bridgehead atoms. The van der Waals surface area contributed by atoms with Gasteiger partial charge in [-0.25, -0.2) is 5.43 Å². The minimum Gasteiger partial charge on any atom is -0.482 e. The van der Waals surface area contributed by atoms with Crippen LogP contribution in [0, 0.1) is 11.3 Å². The van der Waals surface area contributed by atoms with Gasteiger partial charge in [0.25, 0.3) is 5.91 Å². The third-order valence-corrected chi connectivity index (χ3v) is 2.95. The number of nitrogens with one attached hydrogen (secondary N) is 1. The van der Waals surface area contributed by atoms with E-state index in [2.05, 4.69) is 10.5 Å². The van der Waals surface area contributed by atoms with Crippen molar-refractivity contribution in [3.63, 3.8) is 0 Å². The van der Waals surface area contributed by atoms with Crippen LogP contribution in [0.3, 0.4) is 0 Å². The summed E-state index contributed by atoms with van der Waals surface area (Å²) in [7, 11) is 0. The molecule has 0 fully saturated rings. The smallest absolute Gasteiger partial charge is 0.277 e. The molecule has 1 N–H and O–H groups in total. The van der Waals surface area contributed by atoms with Crippen molar-refractivity contribution in [2.24, 2.45) is 5.10 Å². The zero-order valence-electron chi connectivity index (χ0n) is 11.5. The Labute approximate surface area is 132 Å². The average Bonchev–Trinajstić information content (AvgIpc) is 2.55. The lowest BCUT2D eigenvalue weighted by molar-refractivity contribution is -0.123. The summed E-state index contributed by atoms with van der Waals surface area (Å²) in [6.45, 7) is -0.186. The van der Waals surface area contributed by atoms with Crippen LogP contribution in [-0.4, -0.2) is 18.7 Å². The topological polar surface area (TPSA) is 74.5 Å². The Morgan fingerprint density at radius 3 is 2.68 bits per heavy atom. The van der Waals surface area contributed by atoms with E-state index in [1.807, 2.05) is 6.07 Å². The largest absolute Gasteiger partial charge is 0.482 e. The fraction of sp³-hybridized carbons (Fsp3) is 0.0625. The van der Waals surface area contributed by atoms with Gasteiger partial charge in [-0.05, 0) is 29.8 Å². The maximum absolute atomic E-state index is 11.6. The van der Waals surface area contributed by atoms with Gasteiger partial charge in [-0.15, -0.1) is 0 Å². The van der Waals surface area contributed by atoms with Gasteiger partial charge in [0.15, 0.2) is 6.61 Å². The third-order valence-electron chi connectivity index (χ3n) is 2.64. The SMILES string of the molecule is N#Cc1ccc(C=NNC(=O)COc2ccccc2Cl)cc1. The van der Waals surface area contributed by atoms with Crippen molar-refractivity contribution < 1.29 is 9.53 Å². The Hall–Kier alpha value is -2.84. The van der Waals surface area contributed by atoms with E-state index in [4.69, 9.17) is 21.6 Å². The quantitative estimate of drug-likeness (QED) is 0.681. The molecule has 0 aliphatic heterocycles. The molecule has 0 spiro atoms. The highest BCUT2D eigenvalue weighted by molar-refractivity contribution is 6.32. The number of nitrogens with zero attached hydrogens (tertiary/aromatic N) is 2. The van der Waals surface area contributed by atoms with Gasteiger partial charge in [-0.2, -0.15) is 10.4 Å². The Morgan fingerprint density at radius 1 is 1.27 bits per heavy atom. The number of halogens is 1. The summed E-state index contributed by atoms with van der Waals surface area (Å²) in [6, 6.07) is 15.7. The van der Waals surface area contributed by atoms with E-state index in [1.54, 1.807) is 48.5 Å². The average molecular weight is 314 g/mol. The number of benzene rings is 2. The normalized spacial score (nSPS) is 10.2. The van der Waals surface area contributed by atoms with Gasteiger partial charge in [0.1, 0.15) is 5.75 Å². The summed E-state index contributed by atoms with van der Waals surface area (Å²) in [5, 5.41) is 12.9. The van der Waals surface area contributed by atoms with Crippen molar-refractivity contribution in [2.75, 3.05) is 6.61 Å². The van der Waals surface area contributed by atoms with E-state index in [-0.39, 0.29) is 6.61 Å². The summed E-state index contributed by atoms with van der Waals surface area (Å²) in [5.74, 6) is 0.0419. The molecule has 1 amide bonds. The molecule has 0 aliphatic carbocycles. The second kappa shape index (κ2) is 7.81. The van der Waals surface area contributed by atoms with Gasteiger partial charge in [-0.1, -0.05) is 35.9 Å². The molecule has 110 valence electrons. The fourth-order valence-electron chi connectivity index (χ4n) is 1.56. The zero-order chi connectivity index (χ0) is 15.8. The van der Waals surface area contributed by atoms with E-state index in [0.29, 0.717) is 16.3 Å². The predicted octanol–water partition coefficient (Wildman–Crippen LogP) is 2.74. The van der Waals surface area contributed by atoms with Gasteiger partial charge in [-0.3, -0.25) is 4.79 Å². The first kappa shape index (κ1) is 15.5. The van der Waals surface area contributed by atoms with E-state index in [0.717, 1.165) is 5.56 Å². The highest BCUT2D eigenvalue weighted by Crippen LogP contribution is 2.22. The van der Waals surface area contributed by atoms with Crippen LogP contribution in [0.2, 0.25) is 5.02 Å². The van der Waals surface area contributed by atoms with Crippen LogP contribution in [-0.2, 0) is 4.79 Å². The zero-order valence-corrected chi connectivity index (χ0v) is 12.2. The number of hydrogen-bond acceptors (Lipinski definition) is 4. The van der Waals surface area contributed by atoms with E-state index >= 15 is 0 Å². The van der Waals surface area contributed by atoms with Crippen LogP contribution in [0.4, 0.5) is 0 Å². The molecule has 0 saturated heterocycles. The monoisotopic (exact) mass is 313 g/mol. The predicted molar refractivity (Wildman–Crippen MR) is 83.8 cm³/mol. The maximum Gasteiger partial charge on any atom is 0.277 e. The summed E-state index contributed by atoms with van der Waals surface area (Å²) in [5.41, 5.74) is 3.68. The second-order valence-corrected chi connectivity index (χ2v) is 4.65. The first-order chi connectivity index (χ1) is 10.7. The lowest BCUT2D eigenvalue weighted by Crippen LogP contribution is -2.24. The van der Waals surface area contributed by atoms with Crippen LogP contribution >= 0.6 is 11.6 Å². The van der Waals surface area contributed by atoms with Crippen LogP contribution in [0.15, 0.2) is 53.6 Å². The molecule has 2 aromatic carbocycles. The molecule has 0 radical (unpaired) electrons. The molecule has 0 atom stereocenters. The number of hydrogen-bond donors (Lipinski definition) is 1. The van der Waals surface area contributed by atoms with Crippen LogP contribution < -0.4 is 10.2 Å². The maximum atomic E-state index is 11.6. The highest BCUT2D eigenvalue weighted by Gasteiger charge is 2.04. The van der Waals surface area contributed by atoms with E-state index in [9.17, 15) is 4.79 Å². The minimum atomic E-state index is -0.398. The van der Waals surface area contributed by atoms with E-state index in [1.165, 1.54) is 6.21 Å². The molecule has 5 nitrogen and oxygen atoms in total. The van der Waals surface area contributed by atoms with Crippen LogP contribution in [0.25, 0.3) is 0 Å². The highest BCUT2D eigenvalue weighted by atomic mass is 35.5. The van der Waals surface area contributed by atoms with Crippen LogP contribution in [0.5, 0.6) is 5.75 Å². The van der Waals surface area contributed by atoms with Crippen molar-refractivity contribution in [3.8, 4) is 11.8 Å². The molecule has 6 heteroatoms. The summed E-state index contributed by atoms with van der Waals surface area (Å²) >= 11 is 5.91. The first-order valence-electron chi connectivity index (χ1n) is 6.38. The molecule has 0 aromatic heterocycles. The number of carbonyl (C=O) groups is 1. The Balaban J connectivity index is 1.81. The molecule has 0 heterocycles. The number of para-hydroxylation sites is 1. The first-order valence-corrected chi connectivity index (χ1v) is 6.76. The Kier molecular flexibility index (Phi) is 5.52. The van der Waals surface area contributed by atoms with Gasteiger partial charge in [0, 0.05) is 0 Å². The Morgan fingerprint density at radius 2 is 2.00 bits per heavy atom. The lowest BCUT2D eigenvalue weighted by atomic mass is 10.2. The van der Waals surface area contributed by atoms with Crippen molar-refractivity contribution in [3.05, 3.63) is 64.7 Å². The van der Waals surface area contributed by atoms with Crippen molar-refractivity contribution >= 4 is 23.7 Å². The van der Waals surface area contributed by atoms with Crippen LogP contribution in [0.1, 0.15) is 11.1 Å². The molecule has 2 aromatic rings. The summed E-state index contributed by atoms with van der Waals surface area (Å²) in [4.78, 5) is 11.6. The van der Waals surface area contributed by atoms with E-state index < -0.39 is 5.91 Å². The van der Waals surface area contributed by atoms with Gasteiger partial charge in [0.2, 0.25) is 0 Å².